The van der Waals surface area contributed by atoms with Crippen LogP contribution in [-0.4, -0.2) is 22.1 Å². The Labute approximate surface area is 112 Å². The molecule has 0 saturated heterocycles. The Hall–Kier alpha value is -2.17. The highest BCUT2D eigenvalue weighted by Crippen LogP contribution is 2.16. The molecule has 2 aromatic rings. The fourth-order valence-corrected chi connectivity index (χ4v) is 1.73. The van der Waals surface area contributed by atoms with Gasteiger partial charge in [0.2, 0.25) is 5.88 Å². The van der Waals surface area contributed by atoms with Gasteiger partial charge in [-0.05, 0) is 11.5 Å². The Morgan fingerprint density at radius 2 is 2.05 bits per heavy atom. The van der Waals surface area contributed by atoms with Gasteiger partial charge in [-0.2, -0.15) is 0 Å². The molecule has 19 heavy (non-hydrogen) atoms. The number of pyridine rings is 1. The predicted molar refractivity (Wildman–Crippen MR) is 74.1 cm³/mol. The second-order valence-corrected chi connectivity index (χ2v) is 4.67. The Morgan fingerprint density at radius 3 is 2.63 bits per heavy atom. The van der Waals surface area contributed by atoms with Gasteiger partial charge in [0.1, 0.15) is 11.6 Å². The van der Waals surface area contributed by atoms with Gasteiger partial charge in [0.05, 0.1) is 7.11 Å². The van der Waals surface area contributed by atoms with Crippen molar-refractivity contribution >= 4 is 5.82 Å². The van der Waals surface area contributed by atoms with Gasteiger partial charge in [-0.25, -0.2) is 15.0 Å². The topological polar surface area (TPSA) is 73.9 Å². The van der Waals surface area contributed by atoms with E-state index in [9.17, 15) is 0 Å². The Balaban J connectivity index is 2.22. The number of rotatable bonds is 4. The normalized spacial score (nSPS) is 10.7. The number of hydrogen-bond donors (Lipinski definition) is 1. The summed E-state index contributed by atoms with van der Waals surface area (Å²) < 4.78 is 5.03. The average Bonchev–Trinajstić information content (AvgIpc) is 2.39. The van der Waals surface area contributed by atoms with Crippen LogP contribution in [0.5, 0.6) is 5.88 Å². The first-order valence-corrected chi connectivity index (χ1v) is 6.20. The standard InChI is InChI=1S/C14H18N4O/c1-9(2)11-7-12(15)18-13(17-11)6-10-4-5-14(19-3)16-8-10/h4-5,7-9H,6H2,1-3H3,(H2,15,17,18). The maximum absolute atomic E-state index is 5.81. The maximum Gasteiger partial charge on any atom is 0.212 e. The predicted octanol–water partition coefficient (Wildman–Crippen LogP) is 2.18. The molecule has 0 amide bonds. The molecule has 0 aliphatic rings. The highest BCUT2D eigenvalue weighted by Gasteiger charge is 2.07. The van der Waals surface area contributed by atoms with E-state index in [0.29, 0.717) is 24.0 Å². The number of anilines is 1. The average molecular weight is 258 g/mol. The molecule has 0 aromatic carbocycles. The van der Waals surface area contributed by atoms with E-state index in [1.165, 1.54) is 0 Å². The van der Waals surface area contributed by atoms with E-state index in [2.05, 4.69) is 28.8 Å². The molecule has 2 N–H and O–H groups in total. The van der Waals surface area contributed by atoms with E-state index < -0.39 is 0 Å². The quantitative estimate of drug-likeness (QED) is 0.909. The van der Waals surface area contributed by atoms with Crippen molar-refractivity contribution in [1.29, 1.82) is 0 Å². The molecular weight excluding hydrogens is 240 g/mol. The van der Waals surface area contributed by atoms with Crippen LogP contribution in [-0.2, 0) is 6.42 Å². The van der Waals surface area contributed by atoms with Crippen molar-refractivity contribution in [2.24, 2.45) is 0 Å². The minimum absolute atomic E-state index is 0.332. The second-order valence-electron chi connectivity index (χ2n) is 4.67. The van der Waals surface area contributed by atoms with E-state index in [4.69, 9.17) is 10.5 Å². The summed E-state index contributed by atoms with van der Waals surface area (Å²) in [6.07, 6.45) is 2.38. The number of nitrogen functional groups attached to an aromatic ring is 1. The van der Waals surface area contributed by atoms with Crippen LogP contribution < -0.4 is 10.5 Å². The molecule has 0 bridgehead atoms. The lowest BCUT2D eigenvalue weighted by Crippen LogP contribution is -2.05. The van der Waals surface area contributed by atoms with Crippen molar-refractivity contribution in [3.05, 3.63) is 41.5 Å². The zero-order valence-corrected chi connectivity index (χ0v) is 11.4. The van der Waals surface area contributed by atoms with Gasteiger partial charge in [0.15, 0.2) is 0 Å². The summed E-state index contributed by atoms with van der Waals surface area (Å²) in [6.45, 7) is 4.17. The molecule has 0 fully saturated rings. The fraction of sp³-hybridized carbons (Fsp3) is 0.357. The lowest BCUT2D eigenvalue weighted by Gasteiger charge is -2.08. The van der Waals surface area contributed by atoms with Crippen LogP contribution in [0.4, 0.5) is 5.82 Å². The van der Waals surface area contributed by atoms with Crippen molar-refractivity contribution in [3.63, 3.8) is 0 Å². The smallest absolute Gasteiger partial charge is 0.212 e. The summed E-state index contributed by atoms with van der Waals surface area (Å²) in [5, 5.41) is 0. The number of ether oxygens (including phenoxy) is 1. The van der Waals surface area contributed by atoms with Crippen molar-refractivity contribution < 1.29 is 4.74 Å². The molecule has 2 rings (SSSR count). The number of aromatic nitrogens is 3. The summed E-state index contributed by atoms with van der Waals surface area (Å²) in [5.41, 5.74) is 7.80. The van der Waals surface area contributed by atoms with E-state index in [0.717, 1.165) is 17.1 Å². The fourth-order valence-electron chi connectivity index (χ4n) is 1.73. The van der Waals surface area contributed by atoms with Gasteiger partial charge in [-0.1, -0.05) is 19.9 Å². The zero-order valence-electron chi connectivity index (χ0n) is 11.4. The molecule has 5 heteroatoms. The Bertz CT molecular complexity index is 552. The molecule has 2 aromatic heterocycles. The van der Waals surface area contributed by atoms with Crippen molar-refractivity contribution in [3.8, 4) is 5.88 Å². The van der Waals surface area contributed by atoms with Crippen LogP contribution in [0.3, 0.4) is 0 Å². The number of hydrogen-bond acceptors (Lipinski definition) is 5. The molecular formula is C14H18N4O. The van der Waals surface area contributed by atoms with Crippen LogP contribution in [0.15, 0.2) is 24.4 Å². The first kappa shape index (κ1) is 13.3. The van der Waals surface area contributed by atoms with Gasteiger partial charge in [0.25, 0.3) is 0 Å². The largest absolute Gasteiger partial charge is 0.481 e. The molecule has 5 nitrogen and oxygen atoms in total. The van der Waals surface area contributed by atoms with Crippen molar-refractivity contribution in [2.45, 2.75) is 26.2 Å². The highest BCUT2D eigenvalue weighted by molar-refractivity contribution is 5.32. The first-order valence-electron chi connectivity index (χ1n) is 6.20. The van der Waals surface area contributed by atoms with E-state index in [1.807, 2.05) is 18.2 Å². The van der Waals surface area contributed by atoms with Crippen LogP contribution >= 0.6 is 0 Å². The zero-order chi connectivity index (χ0) is 13.8. The first-order chi connectivity index (χ1) is 9.08. The molecule has 0 atom stereocenters. The van der Waals surface area contributed by atoms with Crippen molar-refractivity contribution in [1.82, 2.24) is 15.0 Å². The Kier molecular flexibility index (Phi) is 3.94. The maximum atomic E-state index is 5.81. The van der Waals surface area contributed by atoms with E-state index in [-0.39, 0.29) is 0 Å². The van der Waals surface area contributed by atoms with Gasteiger partial charge in [0, 0.05) is 30.4 Å². The van der Waals surface area contributed by atoms with Crippen LogP contribution in [0.25, 0.3) is 0 Å². The van der Waals surface area contributed by atoms with Gasteiger partial charge in [-0.15, -0.1) is 0 Å². The summed E-state index contributed by atoms with van der Waals surface area (Å²) in [5.74, 6) is 2.16. The highest BCUT2D eigenvalue weighted by atomic mass is 16.5. The monoisotopic (exact) mass is 258 g/mol. The minimum Gasteiger partial charge on any atom is -0.481 e. The molecule has 100 valence electrons. The molecule has 0 saturated carbocycles. The Morgan fingerprint density at radius 1 is 1.26 bits per heavy atom. The molecule has 0 radical (unpaired) electrons. The number of methoxy groups -OCH3 is 1. The van der Waals surface area contributed by atoms with Crippen molar-refractivity contribution in [2.75, 3.05) is 12.8 Å². The van der Waals surface area contributed by atoms with Crippen LogP contribution in [0.1, 0.15) is 36.8 Å². The summed E-state index contributed by atoms with van der Waals surface area (Å²) in [4.78, 5) is 12.9. The number of nitrogens with zero attached hydrogens (tertiary/aromatic N) is 3. The molecule has 0 spiro atoms. The third-order valence-corrected chi connectivity index (χ3v) is 2.77. The van der Waals surface area contributed by atoms with Gasteiger partial charge in [-0.3, -0.25) is 0 Å². The minimum atomic E-state index is 0.332. The third-order valence-electron chi connectivity index (χ3n) is 2.77. The van der Waals surface area contributed by atoms with Gasteiger partial charge < -0.3 is 10.5 Å². The lowest BCUT2D eigenvalue weighted by molar-refractivity contribution is 0.397. The lowest BCUT2D eigenvalue weighted by atomic mass is 10.1. The van der Waals surface area contributed by atoms with E-state index in [1.54, 1.807) is 13.3 Å². The third kappa shape index (κ3) is 3.40. The second kappa shape index (κ2) is 5.65. The summed E-state index contributed by atoms with van der Waals surface area (Å²) in [6, 6.07) is 5.60. The summed E-state index contributed by atoms with van der Waals surface area (Å²) in [7, 11) is 1.60. The number of nitrogens with two attached hydrogens (primary N) is 1. The molecule has 0 aliphatic carbocycles. The molecule has 0 unspecified atom stereocenters. The SMILES string of the molecule is COc1ccc(Cc2nc(N)cc(C(C)C)n2)cn1. The van der Waals surface area contributed by atoms with Crippen LogP contribution in [0, 0.1) is 0 Å². The van der Waals surface area contributed by atoms with Crippen LogP contribution in [0.2, 0.25) is 0 Å². The van der Waals surface area contributed by atoms with Gasteiger partial charge >= 0.3 is 0 Å². The summed E-state index contributed by atoms with van der Waals surface area (Å²) >= 11 is 0. The van der Waals surface area contributed by atoms with E-state index >= 15 is 0 Å². The molecule has 2 heterocycles. The molecule has 0 aliphatic heterocycles.